The molecule has 0 aliphatic heterocycles. The second kappa shape index (κ2) is 10.3. The number of rotatable bonds is 10. The third kappa shape index (κ3) is 6.61. The molecule has 1 aromatic rings. The highest BCUT2D eigenvalue weighted by Gasteiger charge is 2.37. The number of benzene rings is 1. The standard InChI is InChI=1S/C19H31N3O/c1-3-20-19(21-12-8-9-13-23-4-2)22-15-17-14-18(17)16-10-6-5-7-11-16/h5-7,10-11,17-18H,3-4,8-9,12-15H2,1-2H3,(H2,20,21,22). The molecule has 0 amide bonds. The number of hydrogen-bond acceptors (Lipinski definition) is 2. The maximum absolute atomic E-state index is 5.36. The van der Waals surface area contributed by atoms with E-state index in [-0.39, 0.29) is 0 Å². The summed E-state index contributed by atoms with van der Waals surface area (Å²) in [6.45, 7) is 8.57. The maximum Gasteiger partial charge on any atom is 0.191 e. The molecule has 4 heteroatoms. The number of nitrogens with zero attached hydrogens (tertiary/aromatic N) is 1. The Balaban J connectivity index is 1.68. The summed E-state index contributed by atoms with van der Waals surface area (Å²) in [6, 6.07) is 10.8. The molecule has 0 spiro atoms. The lowest BCUT2D eigenvalue weighted by Gasteiger charge is -2.11. The second-order valence-electron chi connectivity index (χ2n) is 6.06. The second-order valence-corrected chi connectivity index (χ2v) is 6.06. The van der Waals surface area contributed by atoms with Gasteiger partial charge in [0.25, 0.3) is 0 Å². The number of nitrogens with one attached hydrogen (secondary N) is 2. The van der Waals surface area contributed by atoms with Crippen molar-refractivity contribution < 1.29 is 4.74 Å². The van der Waals surface area contributed by atoms with Gasteiger partial charge >= 0.3 is 0 Å². The molecule has 4 nitrogen and oxygen atoms in total. The monoisotopic (exact) mass is 317 g/mol. The SMILES string of the molecule is CCNC(=NCC1CC1c1ccccc1)NCCCCOCC. The van der Waals surface area contributed by atoms with Crippen molar-refractivity contribution in [2.75, 3.05) is 32.8 Å². The molecule has 2 N–H and O–H groups in total. The first kappa shape index (κ1) is 17.8. The van der Waals surface area contributed by atoms with E-state index in [1.807, 2.05) is 6.92 Å². The zero-order valence-corrected chi connectivity index (χ0v) is 14.6. The molecular weight excluding hydrogens is 286 g/mol. The highest BCUT2D eigenvalue weighted by molar-refractivity contribution is 5.79. The van der Waals surface area contributed by atoms with Gasteiger partial charge in [-0.15, -0.1) is 0 Å². The molecule has 0 aromatic heterocycles. The van der Waals surface area contributed by atoms with Crippen molar-refractivity contribution in [1.82, 2.24) is 10.6 Å². The lowest BCUT2D eigenvalue weighted by Crippen LogP contribution is -2.38. The minimum absolute atomic E-state index is 0.700. The molecular formula is C19H31N3O. The normalized spacial score (nSPS) is 20.3. The molecule has 0 bridgehead atoms. The van der Waals surface area contributed by atoms with Gasteiger partial charge in [-0.2, -0.15) is 0 Å². The molecule has 1 aliphatic rings. The van der Waals surface area contributed by atoms with Crippen molar-refractivity contribution in [3.8, 4) is 0 Å². The summed E-state index contributed by atoms with van der Waals surface area (Å²) in [7, 11) is 0. The van der Waals surface area contributed by atoms with E-state index in [9.17, 15) is 0 Å². The van der Waals surface area contributed by atoms with Crippen LogP contribution >= 0.6 is 0 Å². The van der Waals surface area contributed by atoms with Crippen LogP contribution in [-0.2, 0) is 4.74 Å². The number of hydrogen-bond donors (Lipinski definition) is 2. The molecule has 1 saturated carbocycles. The lowest BCUT2D eigenvalue weighted by atomic mass is 10.1. The van der Waals surface area contributed by atoms with Crippen molar-refractivity contribution in [1.29, 1.82) is 0 Å². The third-order valence-electron chi connectivity index (χ3n) is 4.19. The highest BCUT2D eigenvalue weighted by atomic mass is 16.5. The lowest BCUT2D eigenvalue weighted by molar-refractivity contribution is 0.143. The van der Waals surface area contributed by atoms with Gasteiger partial charge in [0.1, 0.15) is 0 Å². The third-order valence-corrected chi connectivity index (χ3v) is 4.19. The van der Waals surface area contributed by atoms with Gasteiger partial charge in [0.2, 0.25) is 0 Å². The zero-order chi connectivity index (χ0) is 16.3. The van der Waals surface area contributed by atoms with Gasteiger partial charge in [0, 0.05) is 32.8 Å². The van der Waals surface area contributed by atoms with Crippen molar-refractivity contribution >= 4 is 5.96 Å². The van der Waals surface area contributed by atoms with Crippen LogP contribution < -0.4 is 10.6 Å². The van der Waals surface area contributed by atoms with E-state index in [1.54, 1.807) is 0 Å². The molecule has 2 unspecified atom stereocenters. The average molecular weight is 317 g/mol. The van der Waals surface area contributed by atoms with E-state index < -0.39 is 0 Å². The molecule has 128 valence electrons. The minimum Gasteiger partial charge on any atom is -0.382 e. The van der Waals surface area contributed by atoms with E-state index in [2.05, 4.69) is 47.9 Å². The van der Waals surface area contributed by atoms with Crippen LogP contribution in [0.3, 0.4) is 0 Å². The van der Waals surface area contributed by atoms with Gasteiger partial charge in [-0.05, 0) is 50.5 Å². The van der Waals surface area contributed by atoms with Crippen LogP contribution in [0, 0.1) is 5.92 Å². The van der Waals surface area contributed by atoms with Gasteiger partial charge in [-0.25, -0.2) is 0 Å². The van der Waals surface area contributed by atoms with Crippen LogP contribution in [0.1, 0.15) is 44.6 Å². The smallest absolute Gasteiger partial charge is 0.191 e. The molecule has 0 saturated heterocycles. The predicted octanol–water partition coefficient (Wildman–Crippen LogP) is 3.16. The Hall–Kier alpha value is -1.55. The fraction of sp³-hybridized carbons (Fsp3) is 0.632. The molecule has 1 aliphatic carbocycles. The van der Waals surface area contributed by atoms with Gasteiger partial charge in [0.15, 0.2) is 5.96 Å². The van der Waals surface area contributed by atoms with Crippen LogP contribution in [0.15, 0.2) is 35.3 Å². The topological polar surface area (TPSA) is 45.7 Å². The van der Waals surface area contributed by atoms with Crippen molar-refractivity contribution in [2.24, 2.45) is 10.9 Å². The highest BCUT2D eigenvalue weighted by Crippen LogP contribution is 2.47. The van der Waals surface area contributed by atoms with Crippen molar-refractivity contribution in [2.45, 2.75) is 39.0 Å². The molecule has 1 fully saturated rings. The summed E-state index contributed by atoms with van der Waals surface area (Å²) in [5, 5.41) is 6.75. The first-order valence-corrected chi connectivity index (χ1v) is 9.00. The van der Waals surface area contributed by atoms with Gasteiger partial charge in [-0.3, -0.25) is 4.99 Å². The Morgan fingerprint density at radius 3 is 2.74 bits per heavy atom. The van der Waals surface area contributed by atoms with Crippen molar-refractivity contribution in [3.63, 3.8) is 0 Å². The Labute approximate surface area is 140 Å². The predicted molar refractivity (Wildman–Crippen MR) is 97.0 cm³/mol. The maximum atomic E-state index is 5.36. The van der Waals surface area contributed by atoms with Gasteiger partial charge in [-0.1, -0.05) is 30.3 Å². The fourth-order valence-corrected chi connectivity index (χ4v) is 2.79. The van der Waals surface area contributed by atoms with Gasteiger partial charge in [0.05, 0.1) is 0 Å². The summed E-state index contributed by atoms with van der Waals surface area (Å²) in [5.41, 5.74) is 1.46. The first-order chi connectivity index (χ1) is 11.3. The summed E-state index contributed by atoms with van der Waals surface area (Å²) in [6.07, 6.45) is 3.47. The summed E-state index contributed by atoms with van der Waals surface area (Å²) < 4.78 is 5.36. The molecule has 0 heterocycles. The molecule has 23 heavy (non-hydrogen) atoms. The van der Waals surface area contributed by atoms with Crippen molar-refractivity contribution in [3.05, 3.63) is 35.9 Å². The van der Waals surface area contributed by atoms with Crippen LogP contribution in [0.5, 0.6) is 0 Å². The van der Waals surface area contributed by atoms with Gasteiger partial charge < -0.3 is 15.4 Å². The Morgan fingerprint density at radius 1 is 1.17 bits per heavy atom. The van der Waals surface area contributed by atoms with Crippen LogP contribution in [0.4, 0.5) is 0 Å². The Morgan fingerprint density at radius 2 is 2.00 bits per heavy atom. The van der Waals surface area contributed by atoms with E-state index in [0.717, 1.165) is 51.6 Å². The zero-order valence-electron chi connectivity index (χ0n) is 14.6. The van der Waals surface area contributed by atoms with Crippen LogP contribution in [0.2, 0.25) is 0 Å². The number of guanidine groups is 1. The van der Waals surface area contributed by atoms with Crippen LogP contribution in [-0.4, -0.2) is 38.8 Å². The molecule has 2 rings (SSSR count). The van der Waals surface area contributed by atoms with E-state index >= 15 is 0 Å². The number of unbranched alkanes of at least 4 members (excludes halogenated alkanes) is 1. The van der Waals surface area contributed by atoms with E-state index in [4.69, 9.17) is 9.73 Å². The summed E-state index contributed by atoms with van der Waals surface area (Å²) in [4.78, 5) is 4.75. The minimum atomic E-state index is 0.700. The van der Waals surface area contributed by atoms with E-state index in [1.165, 1.54) is 12.0 Å². The molecule has 0 radical (unpaired) electrons. The average Bonchev–Trinajstić information content (AvgIpc) is 3.36. The summed E-state index contributed by atoms with van der Waals surface area (Å²) in [5.74, 6) is 2.35. The fourth-order valence-electron chi connectivity index (χ4n) is 2.79. The van der Waals surface area contributed by atoms with E-state index in [0.29, 0.717) is 11.8 Å². The quantitative estimate of drug-likeness (QED) is 0.396. The molecule has 1 aromatic carbocycles. The Bertz CT molecular complexity index is 461. The number of ether oxygens (including phenoxy) is 1. The Kier molecular flexibility index (Phi) is 7.95. The number of aliphatic imine (C=N–C) groups is 1. The first-order valence-electron chi connectivity index (χ1n) is 9.00. The summed E-state index contributed by atoms with van der Waals surface area (Å²) >= 11 is 0. The molecule has 2 atom stereocenters. The largest absolute Gasteiger partial charge is 0.382 e. The van der Waals surface area contributed by atoms with Crippen LogP contribution in [0.25, 0.3) is 0 Å².